The highest BCUT2D eigenvalue weighted by Gasteiger charge is 2.39. The van der Waals surface area contributed by atoms with Crippen LogP contribution in [0.4, 0.5) is 0 Å². The van der Waals surface area contributed by atoms with Gasteiger partial charge in [-0.05, 0) is 11.8 Å². The van der Waals surface area contributed by atoms with E-state index < -0.39 is 0 Å². The van der Waals surface area contributed by atoms with Crippen molar-refractivity contribution < 1.29 is 9.90 Å². The Morgan fingerprint density at radius 1 is 1.29 bits per heavy atom. The first-order chi connectivity index (χ1) is 6.37. The van der Waals surface area contributed by atoms with Crippen LogP contribution in [0, 0.1) is 17.3 Å². The van der Waals surface area contributed by atoms with Gasteiger partial charge in [0.25, 0.3) is 0 Å². The van der Waals surface area contributed by atoms with Crippen molar-refractivity contribution in [2.45, 2.75) is 34.6 Å². The molecule has 0 aliphatic heterocycles. The minimum atomic E-state index is -0.352. The molecule has 0 rings (SSSR count). The Hall–Kier alpha value is -0.570. The lowest BCUT2D eigenvalue weighted by atomic mass is 9.70. The molecule has 3 nitrogen and oxygen atoms in total. The number of carbonyl (C=O) groups is 1. The molecule has 0 aliphatic rings. The Labute approximate surface area is 86.9 Å². The minimum Gasteiger partial charge on any atom is -0.395 e. The van der Waals surface area contributed by atoms with Gasteiger partial charge in [0.05, 0.1) is 12.0 Å². The van der Waals surface area contributed by atoms with E-state index >= 15 is 0 Å². The molecule has 84 valence electrons. The standard InChI is InChI=1S/C11H23NO2/c1-8(2)11(5,9(3)4)10(14)12-6-7-13/h8-9,13H,6-7H2,1-5H3,(H,12,14). The van der Waals surface area contributed by atoms with Gasteiger partial charge >= 0.3 is 0 Å². The second kappa shape index (κ2) is 5.35. The molecule has 0 spiro atoms. The molecule has 0 saturated carbocycles. The van der Waals surface area contributed by atoms with Crippen LogP contribution in [0.3, 0.4) is 0 Å². The topological polar surface area (TPSA) is 49.3 Å². The molecule has 0 aromatic rings. The van der Waals surface area contributed by atoms with Gasteiger partial charge in [0, 0.05) is 6.54 Å². The summed E-state index contributed by atoms with van der Waals surface area (Å²) in [7, 11) is 0. The Kier molecular flexibility index (Phi) is 5.13. The SMILES string of the molecule is CC(C)C(C)(C(=O)NCCO)C(C)C. The van der Waals surface area contributed by atoms with Gasteiger partial charge in [-0.2, -0.15) is 0 Å². The summed E-state index contributed by atoms with van der Waals surface area (Å²) < 4.78 is 0. The van der Waals surface area contributed by atoms with Crippen molar-refractivity contribution in [2.75, 3.05) is 13.2 Å². The third kappa shape index (κ3) is 2.71. The predicted octanol–water partition coefficient (Wildman–Crippen LogP) is 1.41. The lowest BCUT2D eigenvalue weighted by Crippen LogP contribution is -2.46. The molecule has 0 radical (unpaired) electrons. The zero-order chi connectivity index (χ0) is 11.4. The third-order valence-corrected chi connectivity index (χ3v) is 3.29. The molecule has 0 fully saturated rings. The Morgan fingerprint density at radius 3 is 2.00 bits per heavy atom. The average molecular weight is 201 g/mol. The molecule has 2 N–H and O–H groups in total. The average Bonchev–Trinajstić information content (AvgIpc) is 2.11. The van der Waals surface area contributed by atoms with E-state index in [4.69, 9.17) is 5.11 Å². The highest BCUT2D eigenvalue weighted by molar-refractivity contribution is 5.82. The monoisotopic (exact) mass is 201 g/mol. The van der Waals surface area contributed by atoms with Gasteiger partial charge in [-0.3, -0.25) is 4.79 Å². The summed E-state index contributed by atoms with van der Waals surface area (Å²) in [4.78, 5) is 11.9. The van der Waals surface area contributed by atoms with Crippen molar-refractivity contribution in [1.82, 2.24) is 5.32 Å². The van der Waals surface area contributed by atoms with E-state index in [0.29, 0.717) is 18.4 Å². The summed E-state index contributed by atoms with van der Waals surface area (Å²) in [6.45, 7) is 10.5. The van der Waals surface area contributed by atoms with Gasteiger partial charge in [0.15, 0.2) is 0 Å². The van der Waals surface area contributed by atoms with Gasteiger partial charge in [0.1, 0.15) is 0 Å². The molecule has 3 heteroatoms. The number of rotatable bonds is 5. The number of amides is 1. The Balaban J connectivity index is 4.57. The normalized spacial score (nSPS) is 12.3. The number of aliphatic hydroxyl groups is 1. The van der Waals surface area contributed by atoms with Crippen LogP contribution in [0.15, 0.2) is 0 Å². The van der Waals surface area contributed by atoms with Gasteiger partial charge < -0.3 is 10.4 Å². The summed E-state index contributed by atoms with van der Waals surface area (Å²) in [6.07, 6.45) is 0. The van der Waals surface area contributed by atoms with Crippen LogP contribution >= 0.6 is 0 Å². The highest BCUT2D eigenvalue weighted by Crippen LogP contribution is 2.35. The minimum absolute atomic E-state index is 0.00197. The van der Waals surface area contributed by atoms with Crippen molar-refractivity contribution in [1.29, 1.82) is 0 Å². The van der Waals surface area contributed by atoms with Gasteiger partial charge in [0.2, 0.25) is 5.91 Å². The van der Waals surface area contributed by atoms with Crippen LogP contribution < -0.4 is 5.32 Å². The molecule has 0 bridgehead atoms. The molecule has 0 heterocycles. The fourth-order valence-electron chi connectivity index (χ4n) is 1.55. The first kappa shape index (κ1) is 13.4. The summed E-state index contributed by atoms with van der Waals surface area (Å²) in [5, 5.41) is 11.4. The second-order valence-electron chi connectivity index (χ2n) is 4.57. The van der Waals surface area contributed by atoms with Crippen LogP contribution in [0.25, 0.3) is 0 Å². The van der Waals surface area contributed by atoms with Crippen molar-refractivity contribution in [3.05, 3.63) is 0 Å². The lowest BCUT2D eigenvalue weighted by Gasteiger charge is -2.36. The maximum atomic E-state index is 11.9. The lowest BCUT2D eigenvalue weighted by molar-refractivity contribution is -0.135. The van der Waals surface area contributed by atoms with Crippen LogP contribution in [-0.2, 0) is 4.79 Å². The van der Waals surface area contributed by atoms with E-state index in [0.717, 1.165) is 0 Å². The molecule has 0 atom stereocenters. The maximum absolute atomic E-state index is 11.9. The quantitative estimate of drug-likeness (QED) is 0.706. The van der Waals surface area contributed by atoms with E-state index in [1.165, 1.54) is 0 Å². The van der Waals surface area contributed by atoms with Gasteiger partial charge in [-0.1, -0.05) is 34.6 Å². The van der Waals surface area contributed by atoms with Crippen LogP contribution in [0.2, 0.25) is 0 Å². The van der Waals surface area contributed by atoms with E-state index in [9.17, 15) is 4.79 Å². The molecular formula is C11H23NO2. The number of hydrogen-bond donors (Lipinski definition) is 2. The van der Waals surface area contributed by atoms with Crippen molar-refractivity contribution >= 4 is 5.91 Å². The fraction of sp³-hybridized carbons (Fsp3) is 0.909. The predicted molar refractivity (Wildman–Crippen MR) is 57.9 cm³/mol. The van der Waals surface area contributed by atoms with E-state index in [2.05, 4.69) is 33.0 Å². The van der Waals surface area contributed by atoms with Crippen LogP contribution in [0.1, 0.15) is 34.6 Å². The first-order valence-corrected chi connectivity index (χ1v) is 5.26. The molecule has 0 aromatic carbocycles. The number of nitrogens with one attached hydrogen (secondary N) is 1. The summed E-state index contributed by atoms with van der Waals surface area (Å²) in [5.41, 5.74) is -0.352. The van der Waals surface area contributed by atoms with Crippen molar-refractivity contribution in [3.63, 3.8) is 0 Å². The number of aliphatic hydroxyl groups excluding tert-OH is 1. The molecule has 14 heavy (non-hydrogen) atoms. The number of hydrogen-bond acceptors (Lipinski definition) is 2. The third-order valence-electron chi connectivity index (χ3n) is 3.29. The smallest absolute Gasteiger partial charge is 0.226 e. The summed E-state index contributed by atoms with van der Waals surface area (Å²) in [5.74, 6) is 0.624. The zero-order valence-corrected chi connectivity index (χ0v) is 9.92. The Bertz CT molecular complexity index is 180. The largest absolute Gasteiger partial charge is 0.395 e. The molecule has 0 aliphatic carbocycles. The molecular weight excluding hydrogens is 178 g/mol. The maximum Gasteiger partial charge on any atom is 0.226 e. The summed E-state index contributed by atoms with van der Waals surface area (Å²) in [6, 6.07) is 0. The zero-order valence-electron chi connectivity index (χ0n) is 9.92. The molecule has 0 unspecified atom stereocenters. The van der Waals surface area contributed by atoms with Gasteiger partial charge in [-0.15, -0.1) is 0 Å². The molecule has 1 amide bonds. The first-order valence-electron chi connectivity index (χ1n) is 5.26. The Morgan fingerprint density at radius 2 is 1.71 bits per heavy atom. The summed E-state index contributed by atoms with van der Waals surface area (Å²) >= 11 is 0. The second-order valence-corrected chi connectivity index (χ2v) is 4.57. The van der Waals surface area contributed by atoms with Gasteiger partial charge in [-0.25, -0.2) is 0 Å². The van der Waals surface area contributed by atoms with Crippen LogP contribution in [0.5, 0.6) is 0 Å². The van der Waals surface area contributed by atoms with Crippen LogP contribution in [-0.4, -0.2) is 24.2 Å². The van der Waals surface area contributed by atoms with E-state index in [1.807, 2.05) is 6.92 Å². The number of carbonyl (C=O) groups excluding carboxylic acids is 1. The van der Waals surface area contributed by atoms with E-state index in [-0.39, 0.29) is 17.9 Å². The molecule has 0 saturated heterocycles. The highest BCUT2D eigenvalue weighted by atomic mass is 16.3. The van der Waals surface area contributed by atoms with Crippen molar-refractivity contribution in [2.24, 2.45) is 17.3 Å². The fourth-order valence-corrected chi connectivity index (χ4v) is 1.55. The van der Waals surface area contributed by atoms with Crippen molar-refractivity contribution in [3.8, 4) is 0 Å². The molecule has 0 aromatic heterocycles. The van der Waals surface area contributed by atoms with E-state index in [1.54, 1.807) is 0 Å².